The molecule has 20 heavy (non-hydrogen) atoms. The van der Waals surface area contributed by atoms with E-state index >= 15 is 0 Å². The molecule has 0 saturated carbocycles. The molecule has 0 heterocycles. The summed E-state index contributed by atoms with van der Waals surface area (Å²) in [5.41, 5.74) is 2.12. The third-order valence-electron chi connectivity index (χ3n) is 3.13. The highest BCUT2D eigenvalue weighted by molar-refractivity contribution is 9.10. The van der Waals surface area contributed by atoms with Gasteiger partial charge in [-0.3, -0.25) is 0 Å². The summed E-state index contributed by atoms with van der Waals surface area (Å²) >= 11 is 9.87. The lowest BCUT2D eigenvalue weighted by atomic mass is 9.97. The zero-order valence-electron chi connectivity index (χ0n) is 11.5. The molecule has 2 aromatic carbocycles. The molecular weight excluding hydrogens is 338 g/mol. The van der Waals surface area contributed by atoms with Gasteiger partial charge in [0.05, 0.1) is 13.2 Å². The van der Waals surface area contributed by atoms with Gasteiger partial charge in [-0.1, -0.05) is 52.7 Å². The molecule has 0 bridgehead atoms. The van der Waals surface area contributed by atoms with Crippen LogP contribution in [0.4, 0.5) is 0 Å². The first-order valence-electron chi connectivity index (χ1n) is 6.48. The predicted octanol–water partition coefficient (Wildman–Crippen LogP) is 4.81. The lowest BCUT2D eigenvalue weighted by Crippen LogP contribution is -2.22. The number of halogens is 2. The Morgan fingerprint density at radius 3 is 2.60 bits per heavy atom. The Morgan fingerprint density at radius 1 is 1.20 bits per heavy atom. The first-order valence-corrected chi connectivity index (χ1v) is 7.65. The van der Waals surface area contributed by atoms with Gasteiger partial charge in [0.1, 0.15) is 5.75 Å². The van der Waals surface area contributed by atoms with Gasteiger partial charge in [0.15, 0.2) is 0 Å². The van der Waals surface area contributed by atoms with Crippen molar-refractivity contribution < 1.29 is 4.74 Å². The van der Waals surface area contributed by atoms with Crippen LogP contribution in [-0.2, 0) is 0 Å². The van der Waals surface area contributed by atoms with Crippen LogP contribution in [0.2, 0.25) is 5.02 Å². The molecule has 2 rings (SSSR count). The average molecular weight is 355 g/mol. The Kier molecular flexibility index (Phi) is 5.46. The second-order valence-corrected chi connectivity index (χ2v) is 5.72. The molecular formula is C16H17BrClNO. The minimum Gasteiger partial charge on any atom is -0.496 e. The Morgan fingerprint density at radius 2 is 1.95 bits per heavy atom. The minimum absolute atomic E-state index is 0.00106. The smallest absolute Gasteiger partial charge is 0.124 e. The van der Waals surface area contributed by atoms with Crippen molar-refractivity contribution in [3.05, 3.63) is 63.1 Å². The number of rotatable bonds is 5. The molecule has 0 saturated heterocycles. The van der Waals surface area contributed by atoms with E-state index in [-0.39, 0.29) is 6.04 Å². The lowest BCUT2D eigenvalue weighted by Gasteiger charge is -2.22. The number of ether oxygens (including phenoxy) is 1. The van der Waals surface area contributed by atoms with Crippen LogP contribution >= 0.6 is 27.5 Å². The summed E-state index contributed by atoms with van der Waals surface area (Å²) in [7, 11) is 1.68. The van der Waals surface area contributed by atoms with E-state index in [2.05, 4.69) is 34.2 Å². The van der Waals surface area contributed by atoms with E-state index in [1.807, 2.05) is 36.4 Å². The predicted molar refractivity (Wildman–Crippen MR) is 87.7 cm³/mol. The first-order chi connectivity index (χ1) is 9.67. The molecule has 0 fully saturated rings. The van der Waals surface area contributed by atoms with Gasteiger partial charge >= 0.3 is 0 Å². The summed E-state index contributed by atoms with van der Waals surface area (Å²) in [6.07, 6.45) is 0. The normalized spacial score (nSPS) is 12.2. The highest BCUT2D eigenvalue weighted by Gasteiger charge is 2.19. The summed E-state index contributed by atoms with van der Waals surface area (Å²) in [4.78, 5) is 0. The van der Waals surface area contributed by atoms with E-state index in [0.717, 1.165) is 32.9 Å². The molecule has 2 nitrogen and oxygen atoms in total. The third kappa shape index (κ3) is 3.35. The van der Waals surface area contributed by atoms with Gasteiger partial charge < -0.3 is 10.1 Å². The van der Waals surface area contributed by atoms with Gasteiger partial charge in [0.25, 0.3) is 0 Å². The van der Waals surface area contributed by atoms with E-state index in [0.29, 0.717) is 0 Å². The van der Waals surface area contributed by atoms with Gasteiger partial charge in [-0.25, -0.2) is 0 Å². The van der Waals surface area contributed by atoms with Crippen LogP contribution in [0.15, 0.2) is 46.9 Å². The largest absolute Gasteiger partial charge is 0.496 e. The third-order valence-corrected chi connectivity index (χ3v) is 3.96. The molecule has 1 atom stereocenters. The van der Waals surface area contributed by atoms with Crippen molar-refractivity contribution in [2.24, 2.45) is 0 Å². The van der Waals surface area contributed by atoms with Crippen LogP contribution < -0.4 is 10.1 Å². The maximum Gasteiger partial charge on any atom is 0.124 e. The first kappa shape index (κ1) is 15.4. The lowest BCUT2D eigenvalue weighted by molar-refractivity contribution is 0.404. The molecule has 0 spiro atoms. The fraction of sp³-hybridized carbons (Fsp3) is 0.250. The van der Waals surface area contributed by atoms with Crippen molar-refractivity contribution >= 4 is 27.5 Å². The second-order valence-electron chi connectivity index (χ2n) is 4.40. The van der Waals surface area contributed by atoms with Crippen LogP contribution in [0, 0.1) is 0 Å². The SMILES string of the molecule is CCNC(c1ccccc1Cl)c1cc(Br)ccc1OC. The van der Waals surface area contributed by atoms with Crippen LogP contribution in [-0.4, -0.2) is 13.7 Å². The fourth-order valence-corrected chi connectivity index (χ4v) is 2.86. The molecule has 0 radical (unpaired) electrons. The number of nitrogens with one attached hydrogen (secondary N) is 1. The summed E-state index contributed by atoms with van der Waals surface area (Å²) in [6.45, 7) is 2.92. The van der Waals surface area contributed by atoms with Crippen molar-refractivity contribution in [2.75, 3.05) is 13.7 Å². The second kappa shape index (κ2) is 7.11. The standard InChI is InChI=1S/C16H17BrClNO/c1-3-19-16(12-6-4-5-7-14(12)18)13-10-11(17)8-9-15(13)20-2/h4-10,16,19H,3H2,1-2H3. The fourth-order valence-electron chi connectivity index (χ4n) is 2.23. The van der Waals surface area contributed by atoms with Crippen molar-refractivity contribution in [1.82, 2.24) is 5.32 Å². The Bertz CT molecular complexity index is 588. The monoisotopic (exact) mass is 353 g/mol. The molecule has 0 aliphatic rings. The van der Waals surface area contributed by atoms with Crippen molar-refractivity contribution in [3.8, 4) is 5.75 Å². The Labute approximate surface area is 133 Å². The summed E-state index contributed by atoms with van der Waals surface area (Å²) in [5, 5.41) is 4.22. The molecule has 1 N–H and O–H groups in total. The number of methoxy groups -OCH3 is 1. The topological polar surface area (TPSA) is 21.3 Å². The van der Waals surface area contributed by atoms with Crippen LogP contribution in [0.1, 0.15) is 24.1 Å². The highest BCUT2D eigenvalue weighted by Crippen LogP contribution is 2.35. The maximum absolute atomic E-state index is 6.35. The Balaban J connectivity index is 2.54. The van der Waals surface area contributed by atoms with E-state index in [1.165, 1.54) is 0 Å². The molecule has 1 unspecified atom stereocenters. The average Bonchev–Trinajstić information content (AvgIpc) is 2.46. The van der Waals surface area contributed by atoms with Crippen LogP contribution in [0.25, 0.3) is 0 Å². The highest BCUT2D eigenvalue weighted by atomic mass is 79.9. The number of hydrogen-bond donors (Lipinski definition) is 1. The minimum atomic E-state index is 0.00106. The van der Waals surface area contributed by atoms with E-state index in [4.69, 9.17) is 16.3 Å². The van der Waals surface area contributed by atoms with Crippen molar-refractivity contribution in [2.45, 2.75) is 13.0 Å². The molecule has 106 valence electrons. The van der Waals surface area contributed by atoms with Crippen LogP contribution in [0.5, 0.6) is 5.75 Å². The van der Waals surface area contributed by atoms with Crippen molar-refractivity contribution in [3.63, 3.8) is 0 Å². The van der Waals surface area contributed by atoms with E-state index < -0.39 is 0 Å². The van der Waals surface area contributed by atoms with Gasteiger partial charge in [-0.2, -0.15) is 0 Å². The Hall–Kier alpha value is -1.03. The van der Waals surface area contributed by atoms with E-state index in [9.17, 15) is 0 Å². The molecule has 0 aliphatic heterocycles. The molecule has 4 heteroatoms. The summed E-state index contributed by atoms with van der Waals surface area (Å²) < 4.78 is 6.50. The summed E-state index contributed by atoms with van der Waals surface area (Å²) in [6, 6.07) is 13.9. The van der Waals surface area contributed by atoms with Gasteiger partial charge in [-0.15, -0.1) is 0 Å². The number of benzene rings is 2. The molecule has 0 amide bonds. The molecule has 2 aromatic rings. The molecule has 0 aromatic heterocycles. The zero-order valence-corrected chi connectivity index (χ0v) is 13.8. The van der Waals surface area contributed by atoms with Crippen molar-refractivity contribution in [1.29, 1.82) is 0 Å². The van der Waals surface area contributed by atoms with E-state index in [1.54, 1.807) is 7.11 Å². The quantitative estimate of drug-likeness (QED) is 0.832. The van der Waals surface area contributed by atoms with Gasteiger partial charge in [-0.05, 0) is 36.4 Å². The van der Waals surface area contributed by atoms with Gasteiger partial charge in [0, 0.05) is 15.1 Å². The summed E-state index contributed by atoms with van der Waals surface area (Å²) in [5.74, 6) is 0.846. The molecule has 0 aliphatic carbocycles. The zero-order chi connectivity index (χ0) is 14.5. The van der Waals surface area contributed by atoms with Crippen LogP contribution in [0.3, 0.4) is 0 Å². The van der Waals surface area contributed by atoms with Gasteiger partial charge in [0.2, 0.25) is 0 Å². The number of hydrogen-bond acceptors (Lipinski definition) is 2. The maximum atomic E-state index is 6.35.